The van der Waals surface area contributed by atoms with Crippen molar-refractivity contribution >= 4 is 19.6 Å². The zero-order valence-corrected chi connectivity index (χ0v) is 17.9. The van der Waals surface area contributed by atoms with Crippen LogP contribution >= 0.6 is 7.60 Å². The zero-order valence-electron chi connectivity index (χ0n) is 17.0. The van der Waals surface area contributed by atoms with Gasteiger partial charge in [0, 0.05) is 6.20 Å². The van der Waals surface area contributed by atoms with Crippen LogP contribution in [0.3, 0.4) is 0 Å². The van der Waals surface area contributed by atoms with Crippen molar-refractivity contribution in [3.05, 3.63) is 24.0 Å². The average molecular weight is 416 g/mol. The van der Waals surface area contributed by atoms with E-state index in [-0.39, 0.29) is 31.8 Å². The van der Waals surface area contributed by atoms with Gasteiger partial charge >= 0.3 is 13.7 Å². The second kappa shape index (κ2) is 9.11. The molecule has 0 aromatic heterocycles. The van der Waals surface area contributed by atoms with Crippen molar-refractivity contribution in [2.24, 2.45) is 0 Å². The topological polar surface area (TPSA) is 94.6 Å². The van der Waals surface area contributed by atoms with Crippen LogP contribution in [0.4, 0.5) is 4.79 Å². The number of carbonyl (C=O) groups is 2. The Balaban J connectivity index is 2.25. The standard InChI is InChI=1S/C18H29N2O7P/c1-6-25-28(23,26-7-2)15-13-24-12-11-20(15)16(21)14-9-8-10-19(14)17(22)27-18(3,4)5/h8,10,13-14H,6-7,9,11-12H2,1-5H3/t14-/m0/s1. The highest BCUT2D eigenvalue weighted by molar-refractivity contribution is 7.58. The highest BCUT2D eigenvalue weighted by atomic mass is 31.2. The molecule has 0 radical (unpaired) electrons. The molecular weight excluding hydrogens is 387 g/mol. The monoisotopic (exact) mass is 416 g/mol. The van der Waals surface area contributed by atoms with E-state index in [2.05, 4.69) is 0 Å². The quantitative estimate of drug-likeness (QED) is 0.612. The van der Waals surface area contributed by atoms with Gasteiger partial charge in [-0.05, 0) is 41.0 Å². The summed E-state index contributed by atoms with van der Waals surface area (Å²) in [6.45, 7) is 9.34. The van der Waals surface area contributed by atoms with Gasteiger partial charge in [-0.2, -0.15) is 0 Å². The summed E-state index contributed by atoms with van der Waals surface area (Å²) in [4.78, 5) is 28.3. The third-order valence-electron chi connectivity index (χ3n) is 3.89. The zero-order chi connectivity index (χ0) is 20.9. The number of amides is 2. The molecule has 28 heavy (non-hydrogen) atoms. The van der Waals surface area contributed by atoms with Gasteiger partial charge in [0.1, 0.15) is 24.5 Å². The van der Waals surface area contributed by atoms with E-state index in [1.807, 2.05) is 0 Å². The largest absolute Gasteiger partial charge is 0.497 e. The summed E-state index contributed by atoms with van der Waals surface area (Å²) in [5, 5.41) is 0. The predicted octanol–water partition coefficient (Wildman–Crippen LogP) is 3.43. The Kier molecular flexibility index (Phi) is 7.31. The number of ether oxygens (including phenoxy) is 2. The van der Waals surface area contributed by atoms with Gasteiger partial charge in [0.2, 0.25) is 0 Å². The normalized spacial score (nSPS) is 20.0. The van der Waals surface area contributed by atoms with Crippen molar-refractivity contribution in [2.45, 2.75) is 52.7 Å². The predicted molar refractivity (Wildman–Crippen MR) is 102 cm³/mol. The maximum Gasteiger partial charge on any atom is 0.415 e. The van der Waals surface area contributed by atoms with Crippen molar-refractivity contribution in [1.29, 1.82) is 0 Å². The molecule has 0 spiro atoms. The van der Waals surface area contributed by atoms with Crippen molar-refractivity contribution in [3.63, 3.8) is 0 Å². The number of rotatable bonds is 6. The summed E-state index contributed by atoms with van der Waals surface area (Å²) < 4.78 is 34.6. The maximum absolute atomic E-state index is 13.3. The summed E-state index contributed by atoms with van der Waals surface area (Å²) in [5.41, 5.74) is -0.645. The molecule has 0 N–H and O–H groups in total. The highest BCUT2D eigenvalue weighted by Crippen LogP contribution is 2.57. The summed E-state index contributed by atoms with van der Waals surface area (Å²) in [6.07, 6.45) is 4.21. The Hall–Kier alpha value is -1.83. The van der Waals surface area contributed by atoms with E-state index in [0.717, 1.165) is 0 Å². The molecular formula is C18H29N2O7P. The molecule has 10 heteroatoms. The van der Waals surface area contributed by atoms with E-state index in [9.17, 15) is 14.2 Å². The second-order valence-corrected chi connectivity index (χ2v) is 9.16. The van der Waals surface area contributed by atoms with Crippen molar-refractivity contribution < 1.29 is 32.7 Å². The Morgan fingerprint density at radius 3 is 2.46 bits per heavy atom. The van der Waals surface area contributed by atoms with Crippen LogP contribution in [0.15, 0.2) is 24.0 Å². The van der Waals surface area contributed by atoms with Crippen LogP contribution in [-0.2, 0) is 27.9 Å². The smallest absolute Gasteiger partial charge is 0.415 e. The first kappa shape index (κ1) is 22.5. The molecule has 2 aliphatic rings. The number of hydrogen-bond donors (Lipinski definition) is 0. The number of nitrogens with zero attached hydrogens (tertiary/aromatic N) is 2. The molecule has 9 nitrogen and oxygen atoms in total. The van der Waals surface area contributed by atoms with E-state index in [1.54, 1.807) is 40.7 Å². The molecule has 0 unspecified atom stereocenters. The van der Waals surface area contributed by atoms with Crippen LogP contribution < -0.4 is 0 Å². The van der Waals surface area contributed by atoms with Gasteiger partial charge < -0.3 is 18.5 Å². The van der Waals surface area contributed by atoms with E-state index < -0.39 is 31.2 Å². The first-order chi connectivity index (χ1) is 13.1. The van der Waals surface area contributed by atoms with Gasteiger partial charge in [-0.3, -0.25) is 19.2 Å². The molecule has 0 bridgehead atoms. The Morgan fingerprint density at radius 1 is 1.25 bits per heavy atom. The Morgan fingerprint density at radius 2 is 1.89 bits per heavy atom. The fourth-order valence-corrected chi connectivity index (χ4v) is 4.54. The van der Waals surface area contributed by atoms with Crippen LogP contribution in [0.5, 0.6) is 0 Å². The fraction of sp³-hybridized carbons (Fsp3) is 0.667. The summed E-state index contributed by atoms with van der Waals surface area (Å²) in [6, 6.07) is -0.798. The lowest BCUT2D eigenvalue weighted by molar-refractivity contribution is -0.134. The summed E-state index contributed by atoms with van der Waals surface area (Å²) >= 11 is 0. The van der Waals surface area contributed by atoms with Gasteiger partial charge in [-0.15, -0.1) is 0 Å². The molecule has 2 aliphatic heterocycles. The Labute approximate surface area is 165 Å². The first-order valence-electron chi connectivity index (χ1n) is 9.33. The first-order valence-corrected chi connectivity index (χ1v) is 10.9. The van der Waals surface area contributed by atoms with Crippen LogP contribution in [-0.4, -0.2) is 59.8 Å². The Bertz CT molecular complexity index is 689. The van der Waals surface area contributed by atoms with Gasteiger partial charge in [0.05, 0.1) is 19.8 Å². The van der Waals surface area contributed by atoms with Crippen LogP contribution in [0.2, 0.25) is 0 Å². The molecule has 158 valence electrons. The van der Waals surface area contributed by atoms with Crippen molar-refractivity contribution in [3.8, 4) is 0 Å². The highest BCUT2D eigenvalue weighted by Gasteiger charge is 2.43. The second-order valence-electron chi connectivity index (χ2n) is 7.19. The summed E-state index contributed by atoms with van der Waals surface area (Å²) in [7, 11) is -3.74. The molecule has 0 fully saturated rings. The minimum absolute atomic E-state index is 0.0449. The SMILES string of the molecule is CCOP(=O)(OCC)C1=COCCN1C(=O)[C@@H]1CC=CN1C(=O)OC(C)(C)C. The maximum atomic E-state index is 13.3. The molecule has 0 aromatic carbocycles. The molecule has 0 aliphatic carbocycles. The molecule has 2 heterocycles. The molecule has 0 aromatic rings. The lowest BCUT2D eigenvalue weighted by atomic mass is 10.2. The van der Waals surface area contributed by atoms with Gasteiger partial charge in [0.25, 0.3) is 5.91 Å². The van der Waals surface area contributed by atoms with Gasteiger partial charge in [-0.1, -0.05) is 6.08 Å². The van der Waals surface area contributed by atoms with E-state index in [1.165, 1.54) is 22.3 Å². The van der Waals surface area contributed by atoms with Gasteiger partial charge in [-0.25, -0.2) is 4.79 Å². The van der Waals surface area contributed by atoms with E-state index >= 15 is 0 Å². The minimum Gasteiger partial charge on any atom is -0.497 e. The number of carbonyl (C=O) groups excluding carboxylic acids is 2. The van der Waals surface area contributed by atoms with E-state index in [4.69, 9.17) is 18.5 Å². The average Bonchev–Trinajstić information content (AvgIpc) is 3.10. The molecule has 2 amide bonds. The lowest BCUT2D eigenvalue weighted by Gasteiger charge is -2.35. The molecule has 2 rings (SSSR count). The minimum atomic E-state index is -3.74. The third kappa shape index (κ3) is 5.16. The third-order valence-corrected chi connectivity index (χ3v) is 6.00. The molecule has 0 saturated heterocycles. The van der Waals surface area contributed by atoms with Gasteiger partial charge in [0.15, 0.2) is 5.44 Å². The van der Waals surface area contributed by atoms with Crippen molar-refractivity contribution in [1.82, 2.24) is 9.80 Å². The number of hydrogen-bond acceptors (Lipinski definition) is 7. The van der Waals surface area contributed by atoms with Crippen LogP contribution in [0.1, 0.15) is 41.0 Å². The fourth-order valence-electron chi connectivity index (χ4n) is 2.82. The molecule has 0 saturated carbocycles. The van der Waals surface area contributed by atoms with E-state index in [0.29, 0.717) is 6.42 Å². The molecule has 1 atom stereocenters. The lowest BCUT2D eigenvalue weighted by Crippen LogP contribution is -2.49. The van der Waals surface area contributed by atoms with Crippen LogP contribution in [0.25, 0.3) is 0 Å². The summed E-state index contributed by atoms with van der Waals surface area (Å²) in [5.74, 6) is -0.398. The van der Waals surface area contributed by atoms with Crippen molar-refractivity contribution in [2.75, 3.05) is 26.4 Å². The van der Waals surface area contributed by atoms with Crippen LogP contribution in [0, 0.1) is 0 Å².